The SMILES string of the molecule is Br.Br.COC(=O)CCCCC1SCC(N)C1N. The molecule has 0 saturated carbocycles. The highest BCUT2D eigenvalue weighted by molar-refractivity contribution is 8.93. The van der Waals surface area contributed by atoms with Gasteiger partial charge in [0.15, 0.2) is 0 Å². The van der Waals surface area contributed by atoms with E-state index in [0.717, 1.165) is 25.0 Å². The van der Waals surface area contributed by atoms with Crippen molar-refractivity contribution in [2.45, 2.75) is 43.0 Å². The number of halogens is 2. The minimum absolute atomic E-state index is 0. The van der Waals surface area contributed by atoms with Crippen LogP contribution in [0.1, 0.15) is 25.7 Å². The van der Waals surface area contributed by atoms with Gasteiger partial charge >= 0.3 is 5.97 Å². The summed E-state index contributed by atoms with van der Waals surface area (Å²) in [7, 11) is 1.42. The Kier molecular flexibility index (Phi) is 12.5. The Labute approximate surface area is 128 Å². The van der Waals surface area contributed by atoms with E-state index in [4.69, 9.17) is 11.5 Å². The molecule has 0 spiro atoms. The smallest absolute Gasteiger partial charge is 0.305 e. The highest BCUT2D eigenvalue weighted by Crippen LogP contribution is 2.28. The number of rotatable bonds is 5. The van der Waals surface area contributed by atoms with Crippen LogP contribution in [-0.2, 0) is 9.53 Å². The molecule has 0 amide bonds. The Bertz CT molecular complexity index is 222. The second kappa shape index (κ2) is 10.6. The molecule has 0 radical (unpaired) electrons. The summed E-state index contributed by atoms with van der Waals surface area (Å²) in [6.45, 7) is 0. The number of hydrogen-bond acceptors (Lipinski definition) is 5. The van der Waals surface area contributed by atoms with E-state index in [1.54, 1.807) is 0 Å². The van der Waals surface area contributed by atoms with Crippen LogP contribution >= 0.6 is 45.7 Å². The van der Waals surface area contributed by atoms with Gasteiger partial charge < -0.3 is 16.2 Å². The highest BCUT2D eigenvalue weighted by atomic mass is 79.9. The summed E-state index contributed by atoms with van der Waals surface area (Å²) < 4.78 is 4.57. The number of methoxy groups -OCH3 is 1. The summed E-state index contributed by atoms with van der Waals surface area (Å²) in [5.41, 5.74) is 11.8. The maximum atomic E-state index is 10.9. The van der Waals surface area contributed by atoms with Crippen LogP contribution in [0.5, 0.6) is 0 Å². The Morgan fingerprint density at radius 3 is 2.47 bits per heavy atom. The number of nitrogens with two attached hydrogens (primary N) is 2. The quantitative estimate of drug-likeness (QED) is 0.548. The summed E-state index contributed by atoms with van der Waals surface area (Å²) in [5.74, 6) is 0.832. The molecule has 7 heteroatoms. The lowest BCUT2D eigenvalue weighted by Crippen LogP contribution is -2.43. The standard InChI is InChI=1S/C10H20N2O2S.2BrH/c1-14-9(13)5-3-2-4-8-10(12)7(11)6-15-8;;/h7-8,10H,2-6,11-12H2,1H3;2*1H. The van der Waals surface area contributed by atoms with Crippen molar-refractivity contribution in [2.75, 3.05) is 12.9 Å². The van der Waals surface area contributed by atoms with Crippen molar-refractivity contribution in [1.82, 2.24) is 0 Å². The number of esters is 1. The number of carbonyl (C=O) groups is 1. The van der Waals surface area contributed by atoms with Crippen molar-refractivity contribution in [2.24, 2.45) is 11.5 Å². The number of thioether (sulfide) groups is 1. The molecular formula is C10H22Br2N2O2S. The topological polar surface area (TPSA) is 78.3 Å². The van der Waals surface area contributed by atoms with E-state index in [2.05, 4.69) is 4.74 Å². The molecule has 1 aliphatic heterocycles. The second-order valence-corrected chi connectivity index (χ2v) is 5.21. The molecule has 0 aromatic heterocycles. The van der Waals surface area contributed by atoms with Gasteiger partial charge in [-0.25, -0.2) is 0 Å². The zero-order chi connectivity index (χ0) is 11.3. The van der Waals surface area contributed by atoms with E-state index >= 15 is 0 Å². The zero-order valence-electron chi connectivity index (χ0n) is 9.96. The van der Waals surface area contributed by atoms with Crippen LogP contribution in [0.2, 0.25) is 0 Å². The molecule has 104 valence electrons. The van der Waals surface area contributed by atoms with Crippen LogP contribution in [0.3, 0.4) is 0 Å². The van der Waals surface area contributed by atoms with Gasteiger partial charge in [0.25, 0.3) is 0 Å². The Morgan fingerprint density at radius 1 is 1.35 bits per heavy atom. The molecule has 17 heavy (non-hydrogen) atoms. The predicted octanol–water partition coefficient (Wildman–Crippen LogP) is 1.65. The summed E-state index contributed by atoms with van der Waals surface area (Å²) in [6.07, 6.45) is 3.46. The first-order chi connectivity index (χ1) is 7.15. The molecule has 0 aromatic carbocycles. The molecule has 0 aliphatic carbocycles. The molecule has 1 aliphatic rings. The number of unbranched alkanes of at least 4 members (excludes halogenated alkanes) is 1. The lowest BCUT2D eigenvalue weighted by Gasteiger charge is -2.16. The molecule has 3 atom stereocenters. The van der Waals surface area contributed by atoms with Crippen LogP contribution in [0.4, 0.5) is 0 Å². The third kappa shape index (κ3) is 7.00. The zero-order valence-corrected chi connectivity index (χ0v) is 14.2. The molecule has 1 rings (SSSR count). The summed E-state index contributed by atoms with van der Waals surface area (Å²) in [4.78, 5) is 10.9. The largest absolute Gasteiger partial charge is 0.469 e. The Hall–Kier alpha value is 0.700. The molecule has 1 saturated heterocycles. The summed E-state index contributed by atoms with van der Waals surface area (Å²) in [6, 6.07) is 0.258. The van der Waals surface area contributed by atoms with Gasteiger partial charge in [-0.1, -0.05) is 6.42 Å². The van der Waals surface area contributed by atoms with Gasteiger partial charge in [0, 0.05) is 29.5 Å². The molecule has 4 N–H and O–H groups in total. The van der Waals surface area contributed by atoms with Crippen molar-refractivity contribution < 1.29 is 9.53 Å². The first kappa shape index (κ1) is 20.0. The predicted molar refractivity (Wildman–Crippen MR) is 83.3 cm³/mol. The van der Waals surface area contributed by atoms with Crippen LogP contribution in [0.25, 0.3) is 0 Å². The van der Waals surface area contributed by atoms with E-state index in [1.807, 2.05) is 11.8 Å². The summed E-state index contributed by atoms with van der Waals surface area (Å²) >= 11 is 1.86. The van der Waals surface area contributed by atoms with Gasteiger partial charge in [0.05, 0.1) is 7.11 Å². The van der Waals surface area contributed by atoms with Crippen molar-refractivity contribution in [3.05, 3.63) is 0 Å². The Balaban J connectivity index is 0. The lowest BCUT2D eigenvalue weighted by atomic mass is 10.0. The van der Waals surface area contributed by atoms with Crippen molar-refractivity contribution in [1.29, 1.82) is 0 Å². The first-order valence-corrected chi connectivity index (χ1v) is 6.39. The Morgan fingerprint density at radius 2 is 2.00 bits per heavy atom. The molecular weight excluding hydrogens is 372 g/mol. The molecule has 0 bridgehead atoms. The van der Waals surface area contributed by atoms with Gasteiger partial charge in [0.1, 0.15) is 0 Å². The van der Waals surface area contributed by atoms with Crippen LogP contribution in [0.15, 0.2) is 0 Å². The number of hydrogen-bond donors (Lipinski definition) is 2. The first-order valence-electron chi connectivity index (χ1n) is 5.34. The normalized spacial score (nSPS) is 26.9. The maximum Gasteiger partial charge on any atom is 0.305 e. The van der Waals surface area contributed by atoms with Crippen molar-refractivity contribution >= 4 is 51.7 Å². The molecule has 0 aromatic rings. The molecule has 1 fully saturated rings. The number of ether oxygens (including phenoxy) is 1. The van der Waals surface area contributed by atoms with Crippen LogP contribution < -0.4 is 11.5 Å². The molecule has 3 unspecified atom stereocenters. The van der Waals surface area contributed by atoms with Gasteiger partial charge in [0.2, 0.25) is 0 Å². The van der Waals surface area contributed by atoms with Crippen LogP contribution in [-0.4, -0.2) is 36.2 Å². The molecule has 1 heterocycles. The van der Waals surface area contributed by atoms with Crippen molar-refractivity contribution in [3.63, 3.8) is 0 Å². The lowest BCUT2D eigenvalue weighted by molar-refractivity contribution is -0.140. The number of carbonyl (C=O) groups excluding carboxylic acids is 1. The third-order valence-corrected chi connectivity index (χ3v) is 4.33. The van der Waals surface area contributed by atoms with Crippen LogP contribution in [0, 0.1) is 0 Å². The van der Waals surface area contributed by atoms with Crippen molar-refractivity contribution in [3.8, 4) is 0 Å². The second-order valence-electron chi connectivity index (χ2n) is 3.93. The minimum Gasteiger partial charge on any atom is -0.469 e. The maximum absolute atomic E-state index is 10.9. The van der Waals surface area contributed by atoms with E-state index in [1.165, 1.54) is 7.11 Å². The van der Waals surface area contributed by atoms with E-state index in [0.29, 0.717) is 11.7 Å². The van der Waals surface area contributed by atoms with Gasteiger partial charge in [-0.2, -0.15) is 11.8 Å². The fourth-order valence-electron chi connectivity index (χ4n) is 1.73. The average Bonchev–Trinajstić information content (AvgIpc) is 2.55. The third-order valence-electron chi connectivity index (χ3n) is 2.77. The fourth-order valence-corrected chi connectivity index (χ4v) is 3.17. The van der Waals surface area contributed by atoms with E-state index < -0.39 is 0 Å². The van der Waals surface area contributed by atoms with Gasteiger partial charge in [-0.15, -0.1) is 34.0 Å². The molecule has 4 nitrogen and oxygen atoms in total. The monoisotopic (exact) mass is 392 g/mol. The fraction of sp³-hybridized carbons (Fsp3) is 0.900. The van der Waals surface area contributed by atoms with E-state index in [-0.39, 0.29) is 52.0 Å². The van der Waals surface area contributed by atoms with Gasteiger partial charge in [-0.3, -0.25) is 4.79 Å². The average molecular weight is 394 g/mol. The minimum atomic E-state index is -0.130. The van der Waals surface area contributed by atoms with E-state index in [9.17, 15) is 4.79 Å². The van der Waals surface area contributed by atoms with Gasteiger partial charge in [-0.05, 0) is 12.8 Å². The highest BCUT2D eigenvalue weighted by Gasteiger charge is 2.30. The summed E-state index contributed by atoms with van der Waals surface area (Å²) in [5, 5.41) is 0.470.